The Morgan fingerprint density at radius 1 is 1.05 bits per heavy atom. The minimum atomic E-state index is -0.895. The topological polar surface area (TPSA) is 55.4 Å². The van der Waals surface area contributed by atoms with Gasteiger partial charge in [0, 0.05) is 10.7 Å². The van der Waals surface area contributed by atoms with Gasteiger partial charge in [-0.15, -0.1) is 0 Å². The van der Waals surface area contributed by atoms with Crippen LogP contribution in [0.4, 0.5) is 5.69 Å². The number of benzene rings is 2. The van der Waals surface area contributed by atoms with E-state index in [4.69, 9.17) is 16.3 Å². The van der Waals surface area contributed by atoms with Crippen molar-refractivity contribution in [3.05, 3.63) is 65.2 Å². The lowest BCUT2D eigenvalue weighted by molar-refractivity contribution is -0.123. The number of carbonyl (C=O) groups excluding carboxylic acids is 2. The van der Waals surface area contributed by atoms with Crippen LogP contribution < -0.4 is 5.32 Å². The molecule has 0 saturated carbocycles. The number of halogens is 1. The Labute approximate surface area is 127 Å². The Morgan fingerprint density at radius 3 is 2.29 bits per heavy atom. The molecule has 2 aromatic rings. The van der Waals surface area contributed by atoms with Crippen molar-refractivity contribution >= 4 is 29.2 Å². The quantitative estimate of drug-likeness (QED) is 0.879. The zero-order valence-electron chi connectivity index (χ0n) is 11.4. The number of hydrogen-bond acceptors (Lipinski definition) is 3. The first-order chi connectivity index (χ1) is 10.1. The molecule has 0 bridgehead atoms. The molecule has 0 fully saturated rings. The van der Waals surface area contributed by atoms with Crippen LogP contribution in [0.15, 0.2) is 54.6 Å². The van der Waals surface area contributed by atoms with Gasteiger partial charge in [0.1, 0.15) is 0 Å². The fraction of sp³-hybridized carbons (Fsp3) is 0.125. The molecular weight excluding hydrogens is 290 g/mol. The van der Waals surface area contributed by atoms with Gasteiger partial charge in [-0.2, -0.15) is 0 Å². The Hall–Kier alpha value is -2.33. The maximum Gasteiger partial charge on any atom is 0.338 e. The summed E-state index contributed by atoms with van der Waals surface area (Å²) < 4.78 is 5.12. The van der Waals surface area contributed by atoms with Crippen molar-refractivity contribution in [2.75, 3.05) is 5.32 Å². The molecule has 0 saturated heterocycles. The normalized spacial score (nSPS) is 11.5. The zero-order chi connectivity index (χ0) is 15.2. The first-order valence-corrected chi connectivity index (χ1v) is 6.76. The fourth-order valence-corrected chi connectivity index (χ4v) is 1.76. The predicted octanol–water partition coefficient (Wildman–Crippen LogP) is 3.52. The number of esters is 1. The minimum absolute atomic E-state index is 0.401. The van der Waals surface area contributed by atoms with E-state index in [0.29, 0.717) is 16.3 Å². The molecule has 0 aromatic heterocycles. The van der Waals surface area contributed by atoms with Crippen LogP contribution >= 0.6 is 11.6 Å². The van der Waals surface area contributed by atoms with Crippen LogP contribution in [-0.2, 0) is 9.53 Å². The summed E-state index contributed by atoms with van der Waals surface area (Å²) in [7, 11) is 0. The SMILES string of the molecule is C[C@@H](OC(=O)c1ccccc1)C(=O)Nc1ccc(Cl)cc1. The summed E-state index contributed by atoms with van der Waals surface area (Å²) in [4.78, 5) is 23.8. The Bertz CT molecular complexity index is 626. The van der Waals surface area contributed by atoms with E-state index in [2.05, 4.69) is 5.32 Å². The number of ether oxygens (including phenoxy) is 1. The first kappa shape index (κ1) is 15.1. The molecule has 0 aliphatic rings. The monoisotopic (exact) mass is 303 g/mol. The van der Waals surface area contributed by atoms with Crippen molar-refractivity contribution in [3.8, 4) is 0 Å². The summed E-state index contributed by atoms with van der Waals surface area (Å²) in [5.74, 6) is -0.934. The minimum Gasteiger partial charge on any atom is -0.449 e. The first-order valence-electron chi connectivity index (χ1n) is 6.39. The predicted molar refractivity (Wildman–Crippen MR) is 81.4 cm³/mol. The summed E-state index contributed by atoms with van der Waals surface area (Å²) >= 11 is 5.77. The van der Waals surface area contributed by atoms with Crippen LogP contribution in [-0.4, -0.2) is 18.0 Å². The van der Waals surface area contributed by atoms with Gasteiger partial charge < -0.3 is 10.1 Å². The molecule has 1 amide bonds. The summed E-state index contributed by atoms with van der Waals surface area (Å²) in [5, 5.41) is 3.23. The van der Waals surface area contributed by atoms with Crippen molar-refractivity contribution in [3.63, 3.8) is 0 Å². The van der Waals surface area contributed by atoms with Crippen molar-refractivity contribution in [1.82, 2.24) is 0 Å². The van der Waals surface area contributed by atoms with E-state index < -0.39 is 18.0 Å². The molecule has 0 unspecified atom stereocenters. The van der Waals surface area contributed by atoms with Crippen LogP contribution in [0.1, 0.15) is 17.3 Å². The largest absolute Gasteiger partial charge is 0.449 e. The van der Waals surface area contributed by atoms with Gasteiger partial charge in [-0.05, 0) is 43.3 Å². The van der Waals surface area contributed by atoms with E-state index in [0.717, 1.165) is 0 Å². The summed E-state index contributed by atoms with van der Waals surface area (Å²) in [5.41, 5.74) is 0.996. The number of nitrogens with one attached hydrogen (secondary N) is 1. The lowest BCUT2D eigenvalue weighted by Crippen LogP contribution is -2.29. The number of carbonyl (C=O) groups is 2. The zero-order valence-corrected chi connectivity index (χ0v) is 12.1. The van der Waals surface area contributed by atoms with Crippen LogP contribution in [0.25, 0.3) is 0 Å². The Morgan fingerprint density at radius 2 is 1.67 bits per heavy atom. The van der Waals surface area contributed by atoms with Crippen LogP contribution in [0.2, 0.25) is 5.02 Å². The Kier molecular flexibility index (Phi) is 4.95. The van der Waals surface area contributed by atoms with Gasteiger partial charge in [0.25, 0.3) is 5.91 Å². The Balaban J connectivity index is 1.93. The molecule has 0 spiro atoms. The highest BCUT2D eigenvalue weighted by molar-refractivity contribution is 6.30. The van der Waals surface area contributed by atoms with Crippen LogP contribution in [0.5, 0.6) is 0 Å². The maximum atomic E-state index is 11.9. The highest BCUT2D eigenvalue weighted by Gasteiger charge is 2.18. The number of anilines is 1. The van der Waals surface area contributed by atoms with E-state index in [1.54, 1.807) is 54.6 Å². The van der Waals surface area contributed by atoms with E-state index >= 15 is 0 Å². The van der Waals surface area contributed by atoms with Gasteiger partial charge in [0.15, 0.2) is 6.10 Å². The molecule has 2 rings (SSSR count). The molecule has 0 heterocycles. The van der Waals surface area contributed by atoms with Gasteiger partial charge in [0.05, 0.1) is 5.56 Å². The molecule has 2 aromatic carbocycles. The second kappa shape index (κ2) is 6.90. The van der Waals surface area contributed by atoms with Gasteiger partial charge in [-0.3, -0.25) is 4.79 Å². The maximum absolute atomic E-state index is 11.9. The van der Waals surface area contributed by atoms with Gasteiger partial charge in [0.2, 0.25) is 0 Å². The third kappa shape index (κ3) is 4.33. The highest BCUT2D eigenvalue weighted by Crippen LogP contribution is 2.14. The van der Waals surface area contributed by atoms with Crippen LogP contribution in [0, 0.1) is 0 Å². The lowest BCUT2D eigenvalue weighted by atomic mass is 10.2. The molecule has 0 radical (unpaired) electrons. The summed E-state index contributed by atoms with van der Waals surface area (Å²) in [6.45, 7) is 1.52. The fourth-order valence-electron chi connectivity index (χ4n) is 1.63. The van der Waals surface area contributed by atoms with Crippen molar-refractivity contribution in [1.29, 1.82) is 0 Å². The molecule has 1 N–H and O–H groups in total. The molecule has 4 nitrogen and oxygen atoms in total. The molecule has 0 aliphatic carbocycles. The van der Waals surface area contributed by atoms with E-state index in [1.807, 2.05) is 0 Å². The summed E-state index contributed by atoms with van der Waals surface area (Å²) in [6.07, 6.45) is -0.895. The lowest BCUT2D eigenvalue weighted by Gasteiger charge is -2.13. The molecule has 108 valence electrons. The standard InChI is InChI=1S/C16H14ClNO3/c1-11(21-16(20)12-5-3-2-4-6-12)15(19)18-14-9-7-13(17)8-10-14/h2-11H,1H3,(H,18,19)/t11-/m1/s1. The molecule has 0 aliphatic heterocycles. The number of hydrogen-bond donors (Lipinski definition) is 1. The van der Waals surface area contributed by atoms with E-state index in [-0.39, 0.29) is 0 Å². The average molecular weight is 304 g/mol. The third-order valence-corrected chi connectivity index (χ3v) is 3.03. The average Bonchev–Trinajstić information content (AvgIpc) is 2.50. The van der Waals surface area contributed by atoms with Crippen molar-refractivity contribution in [2.24, 2.45) is 0 Å². The van der Waals surface area contributed by atoms with Crippen molar-refractivity contribution in [2.45, 2.75) is 13.0 Å². The molecule has 5 heteroatoms. The van der Waals surface area contributed by atoms with Gasteiger partial charge >= 0.3 is 5.97 Å². The second-order valence-corrected chi connectivity index (χ2v) is 4.85. The number of rotatable bonds is 4. The highest BCUT2D eigenvalue weighted by atomic mass is 35.5. The summed E-state index contributed by atoms with van der Waals surface area (Å²) in [6, 6.07) is 15.2. The molecule has 1 atom stereocenters. The van der Waals surface area contributed by atoms with E-state index in [9.17, 15) is 9.59 Å². The second-order valence-electron chi connectivity index (χ2n) is 4.41. The van der Waals surface area contributed by atoms with E-state index in [1.165, 1.54) is 6.92 Å². The van der Waals surface area contributed by atoms with Crippen LogP contribution in [0.3, 0.4) is 0 Å². The van der Waals surface area contributed by atoms with Gasteiger partial charge in [-0.25, -0.2) is 4.79 Å². The smallest absolute Gasteiger partial charge is 0.338 e. The van der Waals surface area contributed by atoms with Gasteiger partial charge in [-0.1, -0.05) is 29.8 Å². The third-order valence-electron chi connectivity index (χ3n) is 2.77. The molecular formula is C16H14ClNO3. The molecule has 21 heavy (non-hydrogen) atoms. The number of amides is 1. The van der Waals surface area contributed by atoms with Crippen molar-refractivity contribution < 1.29 is 14.3 Å².